The lowest BCUT2D eigenvalue weighted by Gasteiger charge is -2.29. The van der Waals surface area contributed by atoms with Gasteiger partial charge in [-0.15, -0.1) is 0 Å². The average molecular weight is 502 g/mol. The van der Waals surface area contributed by atoms with E-state index in [9.17, 15) is 19.2 Å². The van der Waals surface area contributed by atoms with Gasteiger partial charge >= 0.3 is 24.1 Å². The maximum atomic E-state index is 12.6. The van der Waals surface area contributed by atoms with Gasteiger partial charge in [-0.1, -0.05) is 38.1 Å². The molecule has 0 amide bonds. The maximum absolute atomic E-state index is 12.6. The third-order valence-corrected chi connectivity index (χ3v) is 5.04. The minimum absolute atomic E-state index is 0.0177. The molecular weight excluding hydrogens is 470 g/mol. The number of methoxy groups -OCH3 is 1. The highest BCUT2D eigenvalue weighted by atomic mass is 16.7. The van der Waals surface area contributed by atoms with E-state index in [-0.39, 0.29) is 37.2 Å². The van der Waals surface area contributed by atoms with E-state index in [0.29, 0.717) is 11.3 Å². The summed E-state index contributed by atoms with van der Waals surface area (Å²) in [4.78, 5) is 48.4. The van der Waals surface area contributed by atoms with E-state index in [1.54, 1.807) is 57.2 Å². The topological polar surface area (TPSA) is 140 Å². The van der Waals surface area contributed by atoms with Gasteiger partial charge < -0.3 is 29.4 Å². The van der Waals surface area contributed by atoms with Crippen molar-refractivity contribution in [1.82, 2.24) is 0 Å². The van der Waals surface area contributed by atoms with E-state index in [0.717, 1.165) is 0 Å². The molecule has 194 valence electrons. The van der Waals surface area contributed by atoms with E-state index in [4.69, 9.17) is 29.4 Å². The summed E-state index contributed by atoms with van der Waals surface area (Å²) < 4.78 is 25.8. The molecule has 0 aliphatic heterocycles. The number of benzene rings is 2. The highest BCUT2D eigenvalue weighted by molar-refractivity contribution is 5.81. The summed E-state index contributed by atoms with van der Waals surface area (Å²) in [6.45, 7) is 4.82. The summed E-state index contributed by atoms with van der Waals surface area (Å²) in [5, 5.41) is 0. The van der Waals surface area contributed by atoms with Crippen molar-refractivity contribution in [3.05, 3.63) is 54.1 Å². The number of para-hydroxylation sites is 1. The summed E-state index contributed by atoms with van der Waals surface area (Å²) in [7, 11) is 1.20. The first-order valence-electron chi connectivity index (χ1n) is 11.4. The molecule has 10 nitrogen and oxygen atoms in total. The Labute approximate surface area is 209 Å². The monoisotopic (exact) mass is 501 g/mol. The van der Waals surface area contributed by atoms with Gasteiger partial charge in [0.2, 0.25) is 0 Å². The molecule has 0 fully saturated rings. The zero-order valence-corrected chi connectivity index (χ0v) is 20.8. The van der Waals surface area contributed by atoms with Crippen LogP contribution >= 0.6 is 0 Å². The van der Waals surface area contributed by atoms with Crippen LogP contribution in [0.2, 0.25) is 0 Å². The molecule has 10 heteroatoms. The van der Waals surface area contributed by atoms with Crippen LogP contribution in [-0.2, 0) is 30.3 Å². The summed E-state index contributed by atoms with van der Waals surface area (Å²) in [5.74, 6) is -1.39. The Kier molecular flexibility index (Phi) is 10.4. The molecule has 36 heavy (non-hydrogen) atoms. The fourth-order valence-corrected chi connectivity index (χ4v) is 3.34. The molecule has 2 atom stereocenters. The third kappa shape index (κ3) is 8.38. The van der Waals surface area contributed by atoms with Crippen LogP contribution in [0.15, 0.2) is 48.5 Å². The van der Waals surface area contributed by atoms with Crippen molar-refractivity contribution >= 4 is 24.1 Å². The van der Waals surface area contributed by atoms with E-state index >= 15 is 0 Å². The van der Waals surface area contributed by atoms with Gasteiger partial charge in [-0.05, 0) is 36.8 Å². The molecule has 0 saturated heterocycles. The summed E-state index contributed by atoms with van der Waals surface area (Å²) >= 11 is 0. The standard InChI is InChI=1S/C26H31NO9/c1-5-22(28)35-20-13-12-18(14-21(20)36-23(29)6-2)16-26(27,24(30)32-4)15-17(3)33-25(31)34-19-10-8-7-9-11-19/h7-14,17H,5-6,15-16,27H2,1-4H3/t17-,26?/m0/s1. The highest BCUT2D eigenvalue weighted by Gasteiger charge is 2.38. The SMILES string of the molecule is CCC(=O)Oc1ccc(CC(N)(C[C@H](C)OC(=O)Oc2ccccc2)C(=O)OC)cc1OC(=O)CC. The first kappa shape index (κ1) is 28.3. The second-order valence-corrected chi connectivity index (χ2v) is 8.06. The number of hydrogen-bond acceptors (Lipinski definition) is 10. The van der Waals surface area contributed by atoms with Gasteiger partial charge in [0.05, 0.1) is 7.11 Å². The van der Waals surface area contributed by atoms with Gasteiger partial charge in [0, 0.05) is 25.7 Å². The van der Waals surface area contributed by atoms with Gasteiger partial charge in [-0.2, -0.15) is 0 Å². The van der Waals surface area contributed by atoms with E-state index < -0.39 is 35.7 Å². The smallest absolute Gasteiger partial charge is 0.468 e. The molecule has 1 unspecified atom stereocenters. The summed E-state index contributed by atoms with van der Waals surface area (Å²) in [5.41, 5.74) is 5.33. The Morgan fingerprint density at radius 2 is 1.50 bits per heavy atom. The molecule has 0 aliphatic rings. The number of rotatable bonds is 11. The van der Waals surface area contributed by atoms with Crippen molar-refractivity contribution in [2.24, 2.45) is 5.73 Å². The minimum Gasteiger partial charge on any atom is -0.468 e. The number of hydrogen-bond donors (Lipinski definition) is 1. The molecule has 2 aromatic carbocycles. The van der Waals surface area contributed by atoms with Gasteiger partial charge in [-0.3, -0.25) is 14.4 Å². The fourth-order valence-electron chi connectivity index (χ4n) is 3.34. The highest BCUT2D eigenvalue weighted by Crippen LogP contribution is 2.31. The zero-order chi connectivity index (χ0) is 26.7. The lowest BCUT2D eigenvalue weighted by molar-refractivity contribution is -0.148. The van der Waals surface area contributed by atoms with Crippen LogP contribution in [-0.4, -0.2) is 42.8 Å². The van der Waals surface area contributed by atoms with Crippen LogP contribution in [0.3, 0.4) is 0 Å². The fraction of sp³-hybridized carbons (Fsp3) is 0.385. The van der Waals surface area contributed by atoms with Crippen LogP contribution in [0.1, 0.15) is 45.6 Å². The Balaban J connectivity index is 2.21. The largest absolute Gasteiger partial charge is 0.514 e. The van der Waals surface area contributed by atoms with Gasteiger partial charge in [-0.25, -0.2) is 4.79 Å². The number of carbonyl (C=O) groups is 4. The number of nitrogens with two attached hydrogens (primary N) is 1. The van der Waals surface area contributed by atoms with Crippen LogP contribution in [0.25, 0.3) is 0 Å². The molecule has 0 aliphatic carbocycles. The molecule has 0 radical (unpaired) electrons. The van der Waals surface area contributed by atoms with E-state index in [2.05, 4.69) is 0 Å². The Hall–Kier alpha value is -3.92. The second-order valence-electron chi connectivity index (χ2n) is 8.06. The van der Waals surface area contributed by atoms with Gasteiger partial charge in [0.25, 0.3) is 0 Å². The summed E-state index contributed by atoms with van der Waals surface area (Å²) in [6.07, 6.45) is -1.69. The van der Waals surface area contributed by atoms with Crippen LogP contribution in [0.4, 0.5) is 4.79 Å². The Morgan fingerprint density at radius 3 is 2.08 bits per heavy atom. The molecular formula is C26H31NO9. The lowest BCUT2D eigenvalue weighted by atomic mass is 9.86. The van der Waals surface area contributed by atoms with Gasteiger partial charge in [0.15, 0.2) is 11.5 Å². The third-order valence-electron chi connectivity index (χ3n) is 5.04. The summed E-state index contributed by atoms with van der Waals surface area (Å²) in [6, 6.07) is 12.9. The van der Waals surface area contributed by atoms with Crippen molar-refractivity contribution in [2.75, 3.05) is 7.11 Å². The first-order valence-corrected chi connectivity index (χ1v) is 11.4. The predicted molar refractivity (Wildman–Crippen MR) is 129 cm³/mol. The van der Waals surface area contributed by atoms with Crippen molar-refractivity contribution in [3.8, 4) is 17.2 Å². The van der Waals surface area contributed by atoms with Crippen LogP contribution in [0, 0.1) is 0 Å². The Bertz CT molecular complexity index is 1070. The number of ether oxygens (including phenoxy) is 5. The molecule has 0 saturated carbocycles. The predicted octanol–water partition coefficient (Wildman–Crippen LogP) is 3.72. The maximum Gasteiger partial charge on any atom is 0.514 e. The molecule has 0 aromatic heterocycles. The van der Waals surface area contributed by atoms with Crippen LogP contribution < -0.4 is 19.9 Å². The zero-order valence-electron chi connectivity index (χ0n) is 20.8. The van der Waals surface area contributed by atoms with Crippen molar-refractivity contribution in [2.45, 2.75) is 58.1 Å². The first-order chi connectivity index (χ1) is 17.1. The lowest BCUT2D eigenvalue weighted by Crippen LogP contribution is -2.53. The molecule has 0 bridgehead atoms. The minimum atomic E-state index is -1.60. The van der Waals surface area contributed by atoms with Crippen LogP contribution in [0.5, 0.6) is 17.2 Å². The molecule has 2 aromatic rings. The quantitative estimate of drug-likeness (QED) is 0.275. The van der Waals surface area contributed by atoms with Gasteiger partial charge in [0.1, 0.15) is 17.4 Å². The average Bonchev–Trinajstić information content (AvgIpc) is 2.85. The Morgan fingerprint density at radius 1 is 0.889 bits per heavy atom. The molecule has 2 N–H and O–H groups in total. The van der Waals surface area contributed by atoms with Crippen molar-refractivity contribution in [1.29, 1.82) is 0 Å². The number of carbonyl (C=O) groups excluding carboxylic acids is 4. The molecule has 0 heterocycles. The number of esters is 3. The molecule has 0 spiro atoms. The van der Waals surface area contributed by atoms with E-state index in [1.807, 2.05) is 0 Å². The molecule has 2 rings (SSSR count). The van der Waals surface area contributed by atoms with E-state index in [1.165, 1.54) is 19.2 Å². The van der Waals surface area contributed by atoms with Crippen molar-refractivity contribution < 1.29 is 42.9 Å². The second kappa shape index (κ2) is 13.2. The van der Waals surface area contributed by atoms with Crippen molar-refractivity contribution in [3.63, 3.8) is 0 Å². The normalized spacial score (nSPS) is 13.0.